The molecule has 0 saturated heterocycles. The first-order valence-corrected chi connectivity index (χ1v) is 7.48. The van der Waals surface area contributed by atoms with Crippen LogP contribution in [-0.4, -0.2) is 5.91 Å². The predicted molar refractivity (Wildman–Crippen MR) is 81.3 cm³/mol. The van der Waals surface area contributed by atoms with Crippen LogP contribution in [0.15, 0.2) is 30.3 Å². The van der Waals surface area contributed by atoms with Gasteiger partial charge in [-0.3, -0.25) is 4.79 Å². The molecule has 0 aliphatic heterocycles. The van der Waals surface area contributed by atoms with Crippen LogP contribution in [-0.2, 0) is 13.0 Å². The van der Waals surface area contributed by atoms with Gasteiger partial charge in [0.1, 0.15) is 0 Å². The van der Waals surface area contributed by atoms with Gasteiger partial charge in [0.15, 0.2) is 0 Å². The number of benzene rings is 1. The van der Waals surface area contributed by atoms with Crippen molar-refractivity contribution in [1.82, 2.24) is 5.32 Å². The van der Waals surface area contributed by atoms with Crippen molar-refractivity contribution in [3.63, 3.8) is 0 Å². The Balaban J connectivity index is 2.01. The van der Waals surface area contributed by atoms with E-state index in [0.29, 0.717) is 22.2 Å². The summed E-state index contributed by atoms with van der Waals surface area (Å²) in [5, 5.41) is 3.74. The third-order valence-corrected chi connectivity index (χ3v) is 4.44. The molecule has 19 heavy (non-hydrogen) atoms. The molecule has 0 spiro atoms. The van der Waals surface area contributed by atoms with Gasteiger partial charge < -0.3 is 5.32 Å². The van der Waals surface area contributed by atoms with Crippen LogP contribution in [0, 0.1) is 0 Å². The number of aryl methyl sites for hydroxylation is 1. The summed E-state index contributed by atoms with van der Waals surface area (Å²) >= 11 is 13.5. The Bertz CT molecular complexity index is 595. The van der Waals surface area contributed by atoms with Crippen molar-refractivity contribution in [2.45, 2.75) is 19.9 Å². The van der Waals surface area contributed by atoms with Gasteiger partial charge in [-0.25, -0.2) is 0 Å². The van der Waals surface area contributed by atoms with E-state index in [9.17, 15) is 4.79 Å². The molecule has 2 aromatic rings. The molecule has 0 radical (unpaired) electrons. The Kier molecular flexibility index (Phi) is 4.86. The fourth-order valence-corrected chi connectivity index (χ4v) is 3.04. The molecule has 2 rings (SSSR count). The minimum atomic E-state index is -0.187. The lowest BCUT2D eigenvalue weighted by Gasteiger charge is -2.05. The minimum Gasteiger partial charge on any atom is -0.347 e. The maximum Gasteiger partial charge on any atom is 0.253 e. The second kappa shape index (κ2) is 6.42. The number of halogens is 2. The van der Waals surface area contributed by atoms with Crippen molar-refractivity contribution >= 4 is 40.4 Å². The van der Waals surface area contributed by atoms with Crippen LogP contribution < -0.4 is 5.32 Å². The number of nitrogens with one attached hydrogen (secondary N) is 1. The fraction of sp³-hybridized carbons (Fsp3) is 0.214. The van der Waals surface area contributed by atoms with Crippen LogP contribution in [0.4, 0.5) is 0 Å². The van der Waals surface area contributed by atoms with Crippen molar-refractivity contribution in [2.75, 3.05) is 0 Å². The lowest BCUT2D eigenvalue weighted by molar-refractivity contribution is 0.0951. The number of hydrogen-bond donors (Lipinski definition) is 1. The quantitative estimate of drug-likeness (QED) is 0.881. The van der Waals surface area contributed by atoms with Gasteiger partial charge in [-0.2, -0.15) is 0 Å². The molecule has 1 heterocycles. The highest BCUT2D eigenvalue weighted by Crippen LogP contribution is 2.21. The molecule has 5 heteroatoms. The normalized spacial score (nSPS) is 10.5. The lowest BCUT2D eigenvalue weighted by Crippen LogP contribution is -2.22. The van der Waals surface area contributed by atoms with Gasteiger partial charge in [0.25, 0.3) is 5.91 Å². The number of amides is 1. The fourth-order valence-electron chi connectivity index (χ4n) is 1.64. The Morgan fingerprint density at radius 2 is 1.95 bits per heavy atom. The summed E-state index contributed by atoms with van der Waals surface area (Å²) in [4.78, 5) is 14.4. The van der Waals surface area contributed by atoms with Crippen LogP contribution in [0.5, 0.6) is 0 Å². The Hall–Kier alpha value is -1.03. The Morgan fingerprint density at radius 1 is 1.21 bits per heavy atom. The van der Waals surface area contributed by atoms with Crippen molar-refractivity contribution in [3.05, 3.63) is 55.7 Å². The average molecular weight is 314 g/mol. The monoisotopic (exact) mass is 313 g/mol. The first-order valence-electron chi connectivity index (χ1n) is 5.91. The summed E-state index contributed by atoms with van der Waals surface area (Å²) in [6.45, 7) is 2.63. The molecule has 2 nitrogen and oxygen atoms in total. The van der Waals surface area contributed by atoms with Gasteiger partial charge in [-0.1, -0.05) is 30.1 Å². The summed E-state index contributed by atoms with van der Waals surface area (Å²) in [7, 11) is 0. The minimum absolute atomic E-state index is 0.187. The molecule has 0 aliphatic rings. The molecule has 0 unspecified atom stereocenters. The van der Waals surface area contributed by atoms with E-state index in [-0.39, 0.29) is 5.91 Å². The second-order valence-corrected chi connectivity index (χ2v) is 6.12. The zero-order chi connectivity index (χ0) is 13.8. The molecule has 1 amide bonds. The molecular weight excluding hydrogens is 301 g/mol. The van der Waals surface area contributed by atoms with E-state index < -0.39 is 0 Å². The van der Waals surface area contributed by atoms with E-state index >= 15 is 0 Å². The smallest absolute Gasteiger partial charge is 0.253 e. The van der Waals surface area contributed by atoms with Gasteiger partial charge in [0, 0.05) is 14.8 Å². The summed E-state index contributed by atoms with van der Waals surface area (Å²) in [6.07, 6.45) is 1.02. The summed E-state index contributed by atoms with van der Waals surface area (Å²) in [6, 6.07) is 8.97. The molecule has 0 saturated carbocycles. The lowest BCUT2D eigenvalue weighted by atomic mass is 10.2. The predicted octanol–water partition coefficient (Wildman–Crippen LogP) is 4.55. The van der Waals surface area contributed by atoms with Gasteiger partial charge in [-0.15, -0.1) is 11.3 Å². The van der Waals surface area contributed by atoms with Gasteiger partial charge in [0.2, 0.25) is 0 Å². The highest BCUT2D eigenvalue weighted by molar-refractivity contribution is 7.11. The van der Waals surface area contributed by atoms with Crippen LogP contribution >= 0.6 is 34.5 Å². The van der Waals surface area contributed by atoms with E-state index in [2.05, 4.69) is 18.3 Å². The molecule has 0 bridgehead atoms. The molecule has 1 aromatic carbocycles. The summed E-state index contributed by atoms with van der Waals surface area (Å²) in [5.74, 6) is -0.187. The maximum atomic E-state index is 12.0. The van der Waals surface area contributed by atoms with E-state index in [1.165, 1.54) is 4.88 Å². The molecule has 1 N–H and O–H groups in total. The summed E-state index contributed by atoms with van der Waals surface area (Å²) in [5.41, 5.74) is 0.443. The van der Waals surface area contributed by atoms with Crippen molar-refractivity contribution < 1.29 is 4.79 Å². The maximum absolute atomic E-state index is 12.0. The van der Waals surface area contributed by atoms with E-state index in [1.807, 2.05) is 6.07 Å². The first kappa shape index (κ1) is 14.4. The highest BCUT2D eigenvalue weighted by Gasteiger charge is 2.10. The van der Waals surface area contributed by atoms with Crippen LogP contribution in [0.3, 0.4) is 0 Å². The zero-order valence-corrected chi connectivity index (χ0v) is 12.7. The Morgan fingerprint density at radius 3 is 2.58 bits per heavy atom. The van der Waals surface area contributed by atoms with Crippen molar-refractivity contribution in [1.29, 1.82) is 0 Å². The highest BCUT2D eigenvalue weighted by atomic mass is 35.5. The first-order chi connectivity index (χ1) is 9.10. The second-order valence-electron chi connectivity index (χ2n) is 4.03. The van der Waals surface area contributed by atoms with Gasteiger partial charge in [0.05, 0.1) is 17.1 Å². The van der Waals surface area contributed by atoms with E-state index in [1.54, 1.807) is 29.5 Å². The van der Waals surface area contributed by atoms with Crippen molar-refractivity contribution in [3.8, 4) is 0 Å². The zero-order valence-electron chi connectivity index (χ0n) is 10.4. The third-order valence-electron chi connectivity index (χ3n) is 2.66. The topological polar surface area (TPSA) is 29.1 Å². The van der Waals surface area contributed by atoms with Gasteiger partial charge >= 0.3 is 0 Å². The number of hydrogen-bond acceptors (Lipinski definition) is 2. The van der Waals surface area contributed by atoms with Crippen LogP contribution in [0.25, 0.3) is 0 Å². The Labute approximate surface area is 126 Å². The number of carbonyl (C=O) groups is 1. The van der Waals surface area contributed by atoms with Crippen LogP contribution in [0.2, 0.25) is 10.0 Å². The van der Waals surface area contributed by atoms with Crippen molar-refractivity contribution in [2.24, 2.45) is 0 Å². The molecular formula is C14H13Cl2NOS. The largest absolute Gasteiger partial charge is 0.347 e. The summed E-state index contributed by atoms with van der Waals surface area (Å²) < 4.78 is 0. The molecule has 100 valence electrons. The molecule has 0 aliphatic carbocycles. The van der Waals surface area contributed by atoms with E-state index in [0.717, 1.165) is 11.3 Å². The number of rotatable bonds is 4. The standard InChI is InChI=1S/C14H13Cl2NOS/c1-2-10-4-5-11(19-10)8-17-14(18)12-6-3-9(15)7-13(12)16/h3-7H,2,8H2,1H3,(H,17,18). The third kappa shape index (κ3) is 3.72. The van der Waals surface area contributed by atoms with Crippen LogP contribution in [0.1, 0.15) is 27.0 Å². The molecule has 0 atom stereocenters. The average Bonchev–Trinajstić information content (AvgIpc) is 2.84. The molecule has 0 fully saturated rings. The number of thiophene rings is 1. The number of carbonyl (C=O) groups excluding carboxylic acids is 1. The molecule has 1 aromatic heterocycles. The van der Waals surface area contributed by atoms with Gasteiger partial charge in [-0.05, 0) is 36.8 Å². The SMILES string of the molecule is CCc1ccc(CNC(=O)c2ccc(Cl)cc2Cl)s1. The van der Waals surface area contributed by atoms with E-state index in [4.69, 9.17) is 23.2 Å².